The number of Topliss-reactive ketones (excluding diaryl/α,β-unsaturated/α-hetero) is 1. The van der Waals surface area contributed by atoms with Crippen molar-refractivity contribution in [2.24, 2.45) is 11.7 Å². The van der Waals surface area contributed by atoms with Gasteiger partial charge in [0.15, 0.2) is 0 Å². The van der Waals surface area contributed by atoms with Crippen LogP contribution < -0.4 is 5.73 Å². The van der Waals surface area contributed by atoms with E-state index in [1.165, 1.54) is 0 Å². The summed E-state index contributed by atoms with van der Waals surface area (Å²) in [5.74, 6) is 0.352. The molecule has 16 heavy (non-hydrogen) atoms. The van der Waals surface area contributed by atoms with Gasteiger partial charge in [0, 0.05) is 31.1 Å². The lowest BCUT2D eigenvalue weighted by molar-refractivity contribution is -0.122. The zero-order chi connectivity index (χ0) is 11.5. The maximum absolute atomic E-state index is 12.0. The fourth-order valence-corrected chi connectivity index (χ4v) is 2.39. The molecule has 1 aliphatic rings. The fraction of sp³-hybridized carbons (Fsp3) is 0.667. The third-order valence-corrected chi connectivity index (χ3v) is 3.37. The molecule has 0 amide bonds. The van der Waals surface area contributed by atoms with Crippen molar-refractivity contribution in [3.05, 3.63) is 18.0 Å². The predicted octanol–water partition coefficient (Wildman–Crippen LogP) is 1.14. The van der Waals surface area contributed by atoms with Crippen LogP contribution in [-0.2, 0) is 17.8 Å². The molecule has 4 nitrogen and oxygen atoms in total. The van der Waals surface area contributed by atoms with Crippen molar-refractivity contribution in [1.82, 2.24) is 9.78 Å². The summed E-state index contributed by atoms with van der Waals surface area (Å²) in [6, 6.07) is 0.0775. The van der Waals surface area contributed by atoms with E-state index in [1.807, 2.05) is 17.8 Å². The quantitative estimate of drug-likeness (QED) is 0.829. The van der Waals surface area contributed by atoms with E-state index in [4.69, 9.17) is 5.73 Å². The molecule has 88 valence electrons. The first-order valence-corrected chi connectivity index (χ1v) is 6.00. The van der Waals surface area contributed by atoms with E-state index in [-0.39, 0.29) is 17.7 Å². The second-order valence-corrected chi connectivity index (χ2v) is 4.55. The van der Waals surface area contributed by atoms with Gasteiger partial charge >= 0.3 is 0 Å². The Morgan fingerprint density at radius 1 is 1.62 bits per heavy atom. The van der Waals surface area contributed by atoms with E-state index >= 15 is 0 Å². The SMILES string of the molecule is CCn1cc(CC(=O)C2CCCC2N)cn1. The van der Waals surface area contributed by atoms with Crippen LogP contribution in [0.5, 0.6) is 0 Å². The Hall–Kier alpha value is -1.16. The Bertz CT molecular complexity index is 372. The van der Waals surface area contributed by atoms with Crippen molar-refractivity contribution >= 4 is 5.78 Å². The lowest BCUT2D eigenvalue weighted by atomic mass is 9.95. The monoisotopic (exact) mass is 221 g/mol. The van der Waals surface area contributed by atoms with E-state index in [2.05, 4.69) is 5.10 Å². The smallest absolute Gasteiger partial charge is 0.141 e. The number of rotatable bonds is 4. The zero-order valence-corrected chi connectivity index (χ0v) is 9.72. The first-order chi connectivity index (χ1) is 7.70. The van der Waals surface area contributed by atoms with Gasteiger partial charge in [-0.25, -0.2) is 0 Å². The highest BCUT2D eigenvalue weighted by Crippen LogP contribution is 2.25. The van der Waals surface area contributed by atoms with Gasteiger partial charge in [0.05, 0.1) is 6.20 Å². The van der Waals surface area contributed by atoms with Gasteiger partial charge in [0.1, 0.15) is 5.78 Å². The molecule has 1 aromatic rings. The van der Waals surface area contributed by atoms with E-state index in [0.29, 0.717) is 6.42 Å². The Morgan fingerprint density at radius 3 is 3.00 bits per heavy atom. The van der Waals surface area contributed by atoms with Gasteiger partial charge < -0.3 is 5.73 Å². The highest BCUT2D eigenvalue weighted by Gasteiger charge is 2.29. The molecule has 1 heterocycles. The number of hydrogen-bond donors (Lipinski definition) is 1. The molecular formula is C12H19N3O. The van der Waals surface area contributed by atoms with E-state index < -0.39 is 0 Å². The van der Waals surface area contributed by atoms with Crippen molar-refractivity contribution in [2.45, 2.75) is 45.2 Å². The zero-order valence-electron chi connectivity index (χ0n) is 9.72. The average molecular weight is 221 g/mol. The molecule has 0 radical (unpaired) electrons. The van der Waals surface area contributed by atoms with Gasteiger partial charge in [-0.05, 0) is 25.3 Å². The second-order valence-electron chi connectivity index (χ2n) is 4.55. The summed E-state index contributed by atoms with van der Waals surface area (Å²) in [5, 5.41) is 4.17. The Balaban J connectivity index is 1.96. The Labute approximate surface area is 95.8 Å². The van der Waals surface area contributed by atoms with E-state index in [1.54, 1.807) is 6.20 Å². The third-order valence-electron chi connectivity index (χ3n) is 3.37. The van der Waals surface area contributed by atoms with Crippen LogP contribution in [0.25, 0.3) is 0 Å². The minimum Gasteiger partial charge on any atom is -0.327 e. The summed E-state index contributed by atoms with van der Waals surface area (Å²) >= 11 is 0. The molecule has 2 rings (SSSR count). The van der Waals surface area contributed by atoms with Crippen LogP contribution in [0, 0.1) is 5.92 Å². The normalized spacial score (nSPS) is 24.9. The van der Waals surface area contributed by atoms with Crippen molar-refractivity contribution in [1.29, 1.82) is 0 Å². The number of nitrogens with two attached hydrogens (primary N) is 1. The molecule has 0 saturated heterocycles. The third kappa shape index (κ3) is 2.32. The molecule has 2 unspecified atom stereocenters. The van der Waals surface area contributed by atoms with E-state index in [0.717, 1.165) is 31.4 Å². The highest BCUT2D eigenvalue weighted by atomic mass is 16.1. The first-order valence-electron chi connectivity index (χ1n) is 6.00. The Kier molecular flexibility index (Phi) is 3.39. The fourth-order valence-electron chi connectivity index (χ4n) is 2.39. The molecule has 0 aliphatic heterocycles. The molecular weight excluding hydrogens is 202 g/mol. The molecule has 2 N–H and O–H groups in total. The number of aromatic nitrogens is 2. The van der Waals surface area contributed by atoms with Crippen LogP contribution >= 0.6 is 0 Å². The molecule has 1 aromatic heterocycles. The van der Waals surface area contributed by atoms with Crippen LogP contribution in [0.3, 0.4) is 0 Å². The first kappa shape index (κ1) is 11.3. The topological polar surface area (TPSA) is 60.9 Å². The predicted molar refractivity (Wildman–Crippen MR) is 61.9 cm³/mol. The summed E-state index contributed by atoms with van der Waals surface area (Å²) in [6.45, 7) is 2.88. The standard InChI is InChI=1S/C12H19N3O/c1-2-15-8-9(7-14-15)6-12(16)10-4-3-5-11(10)13/h7-8,10-11H,2-6,13H2,1H3. The number of carbonyl (C=O) groups is 1. The summed E-state index contributed by atoms with van der Waals surface area (Å²) in [5.41, 5.74) is 6.93. The summed E-state index contributed by atoms with van der Waals surface area (Å²) in [6.07, 6.45) is 7.25. The summed E-state index contributed by atoms with van der Waals surface area (Å²) in [4.78, 5) is 12.0. The lowest BCUT2D eigenvalue weighted by Gasteiger charge is -2.12. The van der Waals surface area contributed by atoms with Crippen molar-refractivity contribution < 1.29 is 4.79 Å². The number of ketones is 1. The summed E-state index contributed by atoms with van der Waals surface area (Å²) in [7, 11) is 0. The molecule has 0 spiro atoms. The maximum atomic E-state index is 12.0. The highest BCUT2D eigenvalue weighted by molar-refractivity contribution is 5.84. The molecule has 0 bridgehead atoms. The average Bonchev–Trinajstić information content (AvgIpc) is 2.86. The summed E-state index contributed by atoms with van der Waals surface area (Å²) < 4.78 is 1.84. The molecule has 1 fully saturated rings. The van der Waals surface area contributed by atoms with Crippen LogP contribution in [0.15, 0.2) is 12.4 Å². The minimum absolute atomic E-state index is 0.0741. The number of carbonyl (C=O) groups excluding carboxylic acids is 1. The lowest BCUT2D eigenvalue weighted by Crippen LogP contribution is -2.31. The minimum atomic E-state index is 0.0741. The van der Waals surface area contributed by atoms with Gasteiger partial charge in [-0.15, -0.1) is 0 Å². The second kappa shape index (κ2) is 4.78. The van der Waals surface area contributed by atoms with Crippen molar-refractivity contribution in [3.63, 3.8) is 0 Å². The molecule has 1 aliphatic carbocycles. The maximum Gasteiger partial charge on any atom is 0.141 e. The molecule has 2 atom stereocenters. The number of aryl methyl sites for hydroxylation is 1. The molecule has 4 heteroatoms. The van der Waals surface area contributed by atoms with Gasteiger partial charge in [-0.1, -0.05) is 6.42 Å². The molecule has 1 saturated carbocycles. The van der Waals surface area contributed by atoms with E-state index in [9.17, 15) is 4.79 Å². The van der Waals surface area contributed by atoms with Crippen LogP contribution in [-0.4, -0.2) is 21.6 Å². The van der Waals surface area contributed by atoms with Crippen molar-refractivity contribution in [3.8, 4) is 0 Å². The Morgan fingerprint density at radius 2 is 2.44 bits per heavy atom. The van der Waals surface area contributed by atoms with Crippen LogP contribution in [0.2, 0.25) is 0 Å². The van der Waals surface area contributed by atoms with Crippen LogP contribution in [0.1, 0.15) is 31.7 Å². The van der Waals surface area contributed by atoms with Gasteiger partial charge in [-0.3, -0.25) is 9.48 Å². The number of nitrogens with zero attached hydrogens (tertiary/aromatic N) is 2. The van der Waals surface area contributed by atoms with Gasteiger partial charge in [0.25, 0.3) is 0 Å². The van der Waals surface area contributed by atoms with Gasteiger partial charge in [-0.2, -0.15) is 5.10 Å². The number of hydrogen-bond acceptors (Lipinski definition) is 3. The van der Waals surface area contributed by atoms with Crippen LogP contribution in [0.4, 0.5) is 0 Å². The van der Waals surface area contributed by atoms with Gasteiger partial charge in [0.2, 0.25) is 0 Å². The van der Waals surface area contributed by atoms with Crippen molar-refractivity contribution in [2.75, 3.05) is 0 Å². The largest absolute Gasteiger partial charge is 0.327 e. The molecule has 0 aromatic carbocycles.